The Morgan fingerprint density at radius 3 is 2.48 bits per heavy atom. The van der Waals surface area contributed by atoms with Gasteiger partial charge in [0.05, 0.1) is 13.2 Å². The normalized spacial score (nSPS) is 12.1. The number of aliphatic hydroxyl groups is 1. The number of aliphatic imine (C=N–C) groups is 1. The van der Waals surface area contributed by atoms with Crippen LogP contribution in [0, 0.1) is 0 Å². The Balaban J connectivity index is 0.00000480. The van der Waals surface area contributed by atoms with Crippen LogP contribution in [0.5, 0.6) is 11.5 Å². The predicted octanol–water partition coefficient (Wildman–Crippen LogP) is 4.14. The van der Waals surface area contributed by atoms with Crippen LogP contribution in [-0.4, -0.2) is 44.5 Å². The molecular formula is C22H30F2IN3O3. The van der Waals surface area contributed by atoms with E-state index in [1.165, 1.54) is 6.07 Å². The smallest absolute Gasteiger partial charge is 0.387 e. The van der Waals surface area contributed by atoms with E-state index in [0.717, 1.165) is 12.0 Å². The van der Waals surface area contributed by atoms with E-state index >= 15 is 0 Å². The third-order valence-corrected chi connectivity index (χ3v) is 4.40. The van der Waals surface area contributed by atoms with Crippen molar-refractivity contribution in [3.63, 3.8) is 0 Å². The molecule has 0 saturated carbocycles. The summed E-state index contributed by atoms with van der Waals surface area (Å²) in [4.78, 5) is 4.15. The molecular weight excluding hydrogens is 519 g/mol. The molecule has 0 aliphatic rings. The molecule has 0 aliphatic heterocycles. The summed E-state index contributed by atoms with van der Waals surface area (Å²) in [5.74, 6) is 0.919. The van der Waals surface area contributed by atoms with Gasteiger partial charge in [-0.15, -0.1) is 24.0 Å². The van der Waals surface area contributed by atoms with Gasteiger partial charge in [0, 0.05) is 37.7 Å². The van der Waals surface area contributed by atoms with E-state index < -0.39 is 6.61 Å². The maximum Gasteiger partial charge on any atom is 0.387 e. The molecule has 0 bridgehead atoms. The molecule has 2 aromatic rings. The van der Waals surface area contributed by atoms with Gasteiger partial charge in [-0.25, -0.2) is 0 Å². The highest BCUT2D eigenvalue weighted by Crippen LogP contribution is 2.26. The van der Waals surface area contributed by atoms with Crippen LogP contribution in [0.2, 0.25) is 0 Å². The second-order valence-corrected chi connectivity index (χ2v) is 6.59. The van der Waals surface area contributed by atoms with Crippen molar-refractivity contribution in [2.75, 3.05) is 26.8 Å². The summed E-state index contributed by atoms with van der Waals surface area (Å²) in [6.07, 6.45) is 0.814. The van der Waals surface area contributed by atoms with E-state index in [1.807, 2.05) is 37.3 Å². The molecule has 1 unspecified atom stereocenters. The molecule has 172 valence electrons. The fraction of sp³-hybridized carbons (Fsp3) is 0.409. The number of rotatable bonds is 11. The van der Waals surface area contributed by atoms with Crippen molar-refractivity contribution >= 4 is 29.9 Å². The van der Waals surface area contributed by atoms with Gasteiger partial charge in [-0.3, -0.25) is 4.99 Å². The number of guanidine groups is 1. The summed E-state index contributed by atoms with van der Waals surface area (Å²) < 4.78 is 35.8. The van der Waals surface area contributed by atoms with Crippen molar-refractivity contribution in [3.8, 4) is 11.5 Å². The van der Waals surface area contributed by atoms with Crippen LogP contribution in [0.3, 0.4) is 0 Å². The first-order valence-electron chi connectivity index (χ1n) is 9.88. The molecule has 9 heteroatoms. The van der Waals surface area contributed by atoms with E-state index in [2.05, 4.69) is 20.4 Å². The highest BCUT2D eigenvalue weighted by Gasteiger charge is 2.14. The first-order valence-corrected chi connectivity index (χ1v) is 9.88. The van der Waals surface area contributed by atoms with E-state index in [4.69, 9.17) is 4.74 Å². The largest absolute Gasteiger partial charge is 0.493 e. The zero-order chi connectivity index (χ0) is 21.8. The van der Waals surface area contributed by atoms with Gasteiger partial charge in [0.15, 0.2) is 5.96 Å². The van der Waals surface area contributed by atoms with Crippen LogP contribution in [0.4, 0.5) is 8.78 Å². The molecule has 31 heavy (non-hydrogen) atoms. The number of aliphatic hydroxyl groups excluding tert-OH is 1. The summed E-state index contributed by atoms with van der Waals surface area (Å²) in [6.45, 7) is 0.204. The van der Waals surface area contributed by atoms with Crippen LogP contribution >= 0.6 is 24.0 Å². The van der Waals surface area contributed by atoms with Crippen molar-refractivity contribution in [3.05, 3.63) is 59.7 Å². The minimum absolute atomic E-state index is 0. The van der Waals surface area contributed by atoms with Gasteiger partial charge in [-0.05, 0) is 24.1 Å². The third-order valence-electron chi connectivity index (χ3n) is 4.40. The summed E-state index contributed by atoms with van der Waals surface area (Å²) in [5, 5.41) is 15.9. The summed E-state index contributed by atoms with van der Waals surface area (Å²) >= 11 is 0. The maximum atomic E-state index is 12.8. The van der Waals surface area contributed by atoms with E-state index in [9.17, 15) is 13.9 Å². The second-order valence-electron chi connectivity index (χ2n) is 6.59. The number of benzene rings is 2. The molecule has 0 fully saturated rings. The molecule has 6 nitrogen and oxygen atoms in total. The Morgan fingerprint density at radius 2 is 1.87 bits per heavy atom. The molecule has 0 amide bonds. The third kappa shape index (κ3) is 9.26. The number of hydrogen-bond acceptors (Lipinski definition) is 4. The fourth-order valence-electron chi connectivity index (χ4n) is 2.83. The summed E-state index contributed by atoms with van der Waals surface area (Å²) in [6, 6.07) is 14.5. The first-order chi connectivity index (χ1) is 14.6. The lowest BCUT2D eigenvalue weighted by atomic mass is 10.0. The molecule has 0 aliphatic carbocycles. The van der Waals surface area contributed by atoms with Crippen molar-refractivity contribution in [1.29, 1.82) is 0 Å². The summed E-state index contributed by atoms with van der Waals surface area (Å²) in [5.41, 5.74) is 1.56. The van der Waals surface area contributed by atoms with Gasteiger partial charge in [-0.1, -0.05) is 37.3 Å². The van der Waals surface area contributed by atoms with Crippen molar-refractivity contribution < 1.29 is 23.4 Å². The minimum Gasteiger partial charge on any atom is -0.493 e. The predicted molar refractivity (Wildman–Crippen MR) is 129 cm³/mol. The standard InChI is InChI=1S/C22H29F2N3O3.HI/c1-3-11-29-19-10-9-17(20(12-19)30-21(23)24)13-26-22(25-2)27-14-18(15-28)16-7-5-4-6-8-16;/h4-10,12,18,21,28H,3,11,13-15H2,1-2H3,(H2,25,26,27);1H. The molecule has 0 heterocycles. The van der Waals surface area contributed by atoms with Crippen LogP contribution in [0.25, 0.3) is 0 Å². The van der Waals surface area contributed by atoms with Crippen molar-refractivity contribution in [2.45, 2.75) is 32.4 Å². The quantitative estimate of drug-likeness (QED) is 0.223. The Kier molecular flexibility index (Phi) is 12.8. The number of halogens is 3. The highest BCUT2D eigenvalue weighted by molar-refractivity contribution is 14.0. The molecule has 3 N–H and O–H groups in total. The fourth-order valence-corrected chi connectivity index (χ4v) is 2.83. The lowest BCUT2D eigenvalue weighted by molar-refractivity contribution is -0.0505. The lowest BCUT2D eigenvalue weighted by Crippen LogP contribution is -2.39. The molecule has 0 aromatic heterocycles. The van der Waals surface area contributed by atoms with Gasteiger partial charge >= 0.3 is 6.61 Å². The number of alkyl halides is 2. The molecule has 0 spiro atoms. The molecule has 0 saturated heterocycles. The van der Waals surface area contributed by atoms with E-state index in [1.54, 1.807) is 19.2 Å². The SMILES string of the molecule is CCCOc1ccc(CNC(=NC)NCC(CO)c2ccccc2)c(OC(F)F)c1.I. The van der Waals surface area contributed by atoms with Crippen LogP contribution in [0.15, 0.2) is 53.5 Å². The lowest BCUT2D eigenvalue weighted by Gasteiger charge is -2.19. The Morgan fingerprint density at radius 1 is 1.13 bits per heavy atom. The van der Waals surface area contributed by atoms with E-state index in [-0.39, 0.29) is 48.8 Å². The Hall–Kier alpha value is -2.14. The Bertz CT molecular complexity index is 795. The number of hydrogen-bond donors (Lipinski definition) is 3. The summed E-state index contributed by atoms with van der Waals surface area (Å²) in [7, 11) is 1.62. The number of ether oxygens (including phenoxy) is 2. The zero-order valence-electron chi connectivity index (χ0n) is 17.7. The average Bonchev–Trinajstić information content (AvgIpc) is 2.76. The van der Waals surface area contributed by atoms with Crippen LogP contribution < -0.4 is 20.1 Å². The van der Waals surface area contributed by atoms with Gasteiger partial charge in [0.25, 0.3) is 0 Å². The molecule has 2 rings (SSSR count). The van der Waals surface area contributed by atoms with Crippen LogP contribution in [-0.2, 0) is 6.54 Å². The average molecular weight is 549 g/mol. The van der Waals surface area contributed by atoms with Gasteiger partial charge in [-0.2, -0.15) is 8.78 Å². The molecule has 1 atom stereocenters. The number of nitrogens with zero attached hydrogens (tertiary/aromatic N) is 1. The van der Waals surface area contributed by atoms with Crippen molar-refractivity contribution in [1.82, 2.24) is 10.6 Å². The highest BCUT2D eigenvalue weighted by atomic mass is 127. The first kappa shape index (κ1) is 26.9. The molecule has 0 radical (unpaired) electrons. The minimum atomic E-state index is -2.93. The van der Waals surface area contributed by atoms with Gasteiger partial charge in [0.2, 0.25) is 0 Å². The monoisotopic (exact) mass is 549 g/mol. The van der Waals surface area contributed by atoms with Crippen LogP contribution in [0.1, 0.15) is 30.4 Å². The van der Waals surface area contributed by atoms with E-state index in [0.29, 0.717) is 30.4 Å². The molecule has 2 aromatic carbocycles. The maximum absolute atomic E-state index is 12.8. The Labute approximate surface area is 199 Å². The van der Waals surface area contributed by atoms with Crippen molar-refractivity contribution in [2.24, 2.45) is 4.99 Å². The second kappa shape index (κ2) is 14.8. The van der Waals surface area contributed by atoms with Gasteiger partial charge < -0.3 is 25.2 Å². The number of nitrogens with one attached hydrogen (secondary N) is 2. The topological polar surface area (TPSA) is 75.1 Å². The van der Waals surface area contributed by atoms with Gasteiger partial charge in [0.1, 0.15) is 11.5 Å². The zero-order valence-corrected chi connectivity index (χ0v) is 20.0.